The molecule has 1 atom stereocenters. The predicted molar refractivity (Wildman–Crippen MR) is 72.9 cm³/mol. The minimum Gasteiger partial charge on any atom is -0.343 e. The minimum absolute atomic E-state index is 0.0641. The highest BCUT2D eigenvalue weighted by atomic mass is 16.5. The van der Waals surface area contributed by atoms with Crippen molar-refractivity contribution in [3.8, 4) is 0 Å². The van der Waals surface area contributed by atoms with Gasteiger partial charge in [0, 0.05) is 13.5 Å². The van der Waals surface area contributed by atoms with Crippen molar-refractivity contribution in [1.29, 1.82) is 0 Å². The SMILES string of the molecule is Cc1nc(C2(NC(=O)C3CCCNC3)CCCC2)no1. The van der Waals surface area contributed by atoms with Crippen LogP contribution in [-0.2, 0) is 10.3 Å². The molecule has 1 aromatic heterocycles. The molecule has 0 spiro atoms. The van der Waals surface area contributed by atoms with Gasteiger partial charge < -0.3 is 15.2 Å². The average molecular weight is 278 g/mol. The molecule has 3 rings (SSSR count). The summed E-state index contributed by atoms with van der Waals surface area (Å²) in [5.41, 5.74) is -0.410. The van der Waals surface area contributed by atoms with Crippen molar-refractivity contribution in [2.75, 3.05) is 13.1 Å². The number of piperidine rings is 1. The number of hydrogen-bond donors (Lipinski definition) is 2. The molecule has 6 heteroatoms. The number of nitrogens with zero attached hydrogens (tertiary/aromatic N) is 2. The lowest BCUT2D eigenvalue weighted by molar-refractivity contribution is -0.127. The predicted octanol–water partition coefficient (Wildman–Crippen LogP) is 1.26. The second-order valence-electron chi connectivity index (χ2n) is 5.96. The van der Waals surface area contributed by atoms with Crippen molar-refractivity contribution in [3.63, 3.8) is 0 Å². The van der Waals surface area contributed by atoms with Crippen LogP contribution in [-0.4, -0.2) is 29.1 Å². The summed E-state index contributed by atoms with van der Waals surface area (Å²) < 4.78 is 5.10. The van der Waals surface area contributed by atoms with Crippen LogP contribution in [0.1, 0.15) is 50.2 Å². The molecule has 1 saturated heterocycles. The number of carbonyl (C=O) groups excluding carboxylic acids is 1. The lowest BCUT2D eigenvalue weighted by Crippen LogP contribution is -2.49. The van der Waals surface area contributed by atoms with Gasteiger partial charge in [0.2, 0.25) is 11.8 Å². The minimum atomic E-state index is -0.410. The summed E-state index contributed by atoms with van der Waals surface area (Å²) in [6.45, 7) is 3.57. The Morgan fingerprint density at radius 1 is 1.40 bits per heavy atom. The molecule has 1 aromatic rings. The lowest BCUT2D eigenvalue weighted by Gasteiger charge is -2.30. The standard InChI is InChI=1S/C14H22N4O2/c1-10-16-13(18-20-10)14(6-2-3-7-14)17-12(19)11-5-4-8-15-9-11/h11,15H,2-9H2,1H3,(H,17,19). The van der Waals surface area contributed by atoms with E-state index >= 15 is 0 Å². The number of nitrogens with one attached hydrogen (secondary N) is 2. The van der Waals surface area contributed by atoms with Gasteiger partial charge in [-0.05, 0) is 32.2 Å². The fourth-order valence-corrected chi connectivity index (χ4v) is 3.29. The molecular formula is C14H22N4O2. The topological polar surface area (TPSA) is 80.0 Å². The van der Waals surface area contributed by atoms with E-state index in [0.29, 0.717) is 11.7 Å². The number of carbonyl (C=O) groups is 1. The lowest BCUT2D eigenvalue weighted by atomic mass is 9.93. The number of rotatable bonds is 3. The Labute approximate surface area is 118 Å². The molecule has 2 heterocycles. The molecule has 110 valence electrons. The average Bonchev–Trinajstić information content (AvgIpc) is 3.10. The van der Waals surface area contributed by atoms with Crippen LogP contribution in [0.3, 0.4) is 0 Å². The molecule has 1 unspecified atom stereocenters. The van der Waals surface area contributed by atoms with Crippen LogP contribution in [0.25, 0.3) is 0 Å². The van der Waals surface area contributed by atoms with Crippen LogP contribution in [0.15, 0.2) is 4.52 Å². The van der Waals surface area contributed by atoms with Crippen molar-refractivity contribution in [2.24, 2.45) is 5.92 Å². The number of hydrogen-bond acceptors (Lipinski definition) is 5. The van der Waals surface area contributed by atoms with Gasteiger partial charge in [0.05, 0.1) is 5.92 Å². The first-order valence-electron chi connectivity index (χ1n) is 7.53. The number of amides is 1. The molecule has 20 heavy (non-hydrogen) atoms. The highest BCUT2D eigenvalue weighted by Gasteiger charge is 2.42. The van der Waals surface area contributed by atoms with Crippen molar-refractivity contribution in [3.05, 3.63) is 11.7 Å². The Hall–Kier alpha value is -1.43. The molecule has 0 aromatic carbocycles. The maximum atomic E-state index is 12.5. The Balaban J connectivity index is 1.75. The summed E-state index contributed by atoms with van der Waals surface area (Å²) in [5, 5.41) is 10.6. The molecule has 2 N–H and O–H groups in total. The highest BCUT2D eigenvalue weighted by Crippen LogP contribution is 2.37. The van der Waals surface area contributed by atoms with Crippen molar-refractivity contribution in [2.45, 2.75) is 51.0 Å². The normalized spacial score (nSPS) is 25.6. The third kappa shape index (κ3) is 2.57. The van der Waals surface area contributed by atoms with Crippen molar-refractivity contribution < 1.29 is 9.32 Å². The number of aromatic nitrogens is 2. The van der Waals surface area contributed by atoms with Gasteiger partial charge in [-0.2, -0.15) is 4.98 Å². The third-order valence-electron chi connectivity index (χ3n) is 4.44. The summed E-state index contributed by atoms with van der Waals surface area (Å²) in [6, 6.07) is 0. The van der Waals surface area contributed by atoms with E-state index in [1.165, 1.54) is 0 Å². The van der Waals surface area contributed by atoms with Gasteiger partial charge in [0.15, 0.2) is 5.82 Å². The second kappa shape index (κ2) is 5.52. The first kappa shape index (κ1) is 13.5. The van der Waals surface area contributed by atoms with Gasteiger partial charge >= 0.3 is 0 Å². The van der Waals surface area contributed by atoms with Gasteiger partial charge in [-0.1, -0.05) is 18.0 Å². The van der Waals surface area contributed by atoms with Crippen LogP contribution in [0.5, 0.6) is 0 Å². The molecule has 0 bridgehead atoms. The molecule has 1 saturated carbocycles. The maximum absolute atomic E-state index is 12.5. The smallest absolute Gasteiger partial charge is 0.225 e. The van der Waals surface area contributed by atoms with E-state index in [1.54, 1.807) is 6.92 Å². The van der Waals surface area contributed by atoms with Crippen LogP contribution >= 0.6 is 0 Å². The summed E-state index contributed by atoms with van der Waals surface area (Å²) in [5.74, 6) is 1.39. The zero-order valence-electron chi connectivity index (χ0n) is 11.9. The van der Waals surface area contributed by atoms with Crippen molar-refractivity contribution in [1.82, 2.24) is 20.8 Å². The summed E-state index contributed by atoms with van der Waals surface area (Å²) in [4.78, 5) is 16.9. The van der Waals surface area contributed by atoms with E-state index in [2.05, 4.69) is 20.8 Å². The van der Waals surface area contributed by atoms with E-state index in [9.17, 15) is 4.79 Å². The largest absolute Gasteiger partial charge is 0.343 e. The van der Waals surface area contributed by atoms with Crippen LogP contribution < -0.4 is 10.6 Å². The zero-order valence-corrected chi connectivity index (χ0v) is 11.9. The first-order valence-corrected chi connectivity index (χ1v) is 7.53. The van der Waals surface area contributed by atoms with E-state index in [1.807, 2.05) is 0 Å². The fourth-order valence-electron chi connectivity index (χ4n) is 3.29. The molecule has 0 radical (unpaired) electrons. The van der Waals surface area contributed by atoms with E-state index in [4.69, 9.17) is 4.52 Å². The molecule has 1 aliphatic heterocycles. The molecule has 6 nitrogen and oxygen atoms in total. The summed E-state index contributed by atoms with van der Waals surface area (Å²) in [6.07, 6.45) is 6.01. The van der Waals surface area contributed by atoms with Gasteiger partial charge in [-0.3, -0.25) is 4.79 Å². The first-order chi connectivity index (χ1) is 9.70. The molecule has 2 aliphatic rings. The Kier molecular flexibility index (Phi) is 3.74. The van der Waals surface area contributed by atoms with Crippen LogP contribution in [0.4, 0.5) is 0 Å². The number of aryl methyl sites for hydroxylation is 1. The maximum Gasteiger partial charge on any atom is 0.225 e. The van der Waals surface area contributed by atoms with Gasteiger partial charge in [-0.15, -0.1) is 0 Å². The summed E-state index contributed by atoms with van der Waals surface area (Å²) >= 11 is 0. The Morgan fingerprint density at radius 3 is 2.80 bits per heavy atom. The summed E-state index contributed by atoms with van der Waals surface area (Å²) in [7, 11) is 0. The quantitative estimate of drug-likeness (QED) is 0.870. The van der Waals surface area contributed by atoms with E-state index < -0.39 is 5.54 Å². The Bertz CT molecular complexity index is 473. The van der Waals surface area contributed by atoms with Gasteiger partial charge in [-0.25, -0.2) is 0 Å². The molecule has 2 fully saturated rings. The van der Waals surface area contributed by atoms with E-state index in [-0.39, 0.29) is 11.8 Å². The van der Waals surface area contributed by atoms with Crippen LogP contribution in [0, 0.1) is 12.8 Å². The van der Waals surface area contributed by atoms with Crippen LogP contribution in [0.2, 0.25) is 0 Å². The third-order valence-corrected chi connectivity index (χ3v) is 4.44. The second-order valence-corrected chi connectivity index (χ2v) is 5.96. The van der Waals surface area contributed by atoms with Gasteiger partial charge in [0.25, 0.3) is 0 Å². The molecule has 1 aliphatic carbocycles. The zero-order chi connectivity index (χ0) is 14.0. The fraction of sp³-hybridized carbons (Fsp3) is 0.786. The molecular weight excluding hydrogens is 256 g/mol. The Morgan fingerprint density at radius 2 is 2.20 bits per heavy atom. The van der Waals surface area contributed by atoms with Crippen molar-refractivity contribution >= 4 is 5.91 Å². The molecule has 1 amide bonds. The monoisotopic (exact) mass is 278 g/mol. The van der Waals surface area contributed by atoms with E-state index in [0.717, 1.165) is 51.6 Å². The van der Waals surface area contributed by atoms with Gasteiger partial charge in [0.1, 0.15) is 5.54 Å². The highest BCUT2D eigenvalue weighted by molar-refractivity contribution is 5.80.